The molecule has 2 spiro atoms. The van der Waals surface area contributed by atoms with Crippen molar-refractivity contribution in [2.24, 2.45) is 51.2 Å². The maximum absolute atomic E-state index is 12.5. The number of morpholine rings is 1. The minimum Gasteiger partial charge on any atom is -0.443 e. The Balaban J connectivity index is 1.07. The Hall–Kier alpha value is -0.890. The Morgan fingerprint density at radius 1 is 0.952 bits per heavy atom. The van der Waals surface area contributed by atoms with Crippen LogP contribution in [-0.2, 0) is 18.9 Å². The number of hydrogen-bond acceptors (Lipinski definition) is 6. The molecule has 2 saturated heterocycles. The zero-order chi connectivity index (χ0) is 29.7. The van der Waals surface area contributed by atoms with Crippen LogP contribution >= 0.6 is 0 Å². The SMILES string of the molecule is CC(C)[C@@H](OC(=O)N(C)C)[C@H]1CCC2[C@@H](CC3C4CC[C@H]5C(C)(C)[C@@H](OC6CNCCO6)CCC56C[C@@]46CCC32C)O1. The minimum absolute atomic E-state index is 0.00953. The maximum Gasteiger partial charge on any atom is 0.409 e. The van der Waals surface area contributed by atoms with E-state index in [0.29, 0.717) is 28.3 Å². The molecule has 0 aromatic rings. The van der Waals surface area contributed by atoms with Crippen LogP contribution < -0.4 is 5.32 Å². The Kier molecular flexibility index (Phi) is 7.32. The topological polar surface area (TPSA) is 69.3 Å². The van der Waals surface area contributed by atoms with Gasteiger partial charge in [0, 0.05) is 27.2 Å². The molecule has 0 radical (unpaired) electrons. The van der Waals surface area contributed by atoms with Gasteiger partial charge < -0.3 is 29.2 Å². The van der Waals surface area contributed by atoms with E-state index in [-0.39, 0.29) is 42.0 Å². The molecule has 238 valence electrons. The molecule has 7 aliphatic rings. The van der Waals surface area contributed by atoms with Crippen molar-refractivity contribution < 1.29 is 23.7 Å². The van der Waals surface area contributed by atoms with E-state index in [1.807, 2.05) is 0 Å². The number of nitrogens with one attached hydrogen (secondary N) is 1. The van der Waals surface area contributed by atoms with Gasteiger partial charge in [-0.15, -0.1) is 0 Å². The van der Waals surface area contributed by atoms with Gasteiger partial charge in [-0.3, -0.25) is 0 Å². The first-order chi connectivity index (χ1) is 19.9. The number of amides is 1. The smallest absolute Gasteiger partial charge is 0.409 e. The fourth-order valence-corrected chi connectivity index (χ4v) is 12.4. The molecule has 0 bridgehead atoms. The van der Waals surface area contributed by atoms with E-state index in [1.165, 1.54) is 62.7 Å². The van der Waals surface area contributed by atoms with E-state index in [2.05, 4.69) is 39.9 Å². The van der Waals surface area contributed by atoms with Gasteiger partial charge in [0.15, 0.2) is 6.29 Å². The molecular weight excluding hydrogens is 528 g/mol. The third-order valence-electron chi connectivity index (χ3n) is 14.4. The molecule has 5 aliphatic carbocycles. The van der Waals surface area contributed by atoms with Gasteiger partial charge in [0.25, 0.3) is 0 Å². The molecule has 7 fully saturated rings. The lowest BCUT2D eigenvalue weighted by atomic mass is 9.46. The highest BCUT2D eigenvalue weighted by Gasteiger charge is 2.80. The summed E-state index contributed by atoms with van der Waals surface area (Å²) in [7, 11) is 3.52. The van der Waals surface area contributed by atoms with E-state index in [4.69, 9.17) is 18.9 Å². The zero-order valence-electron chi connectivity index (χ0n) is 27.5. The third-order valence-corrected chi connectivity index (χ3v) is 14.4. The van der Waals surface area contributed by atoms with Gasteiger partial charge in [-0.1, -0.05) is 34.6 Å². The van der Waals surface area contributed by atoms with Crippen LogP contribution in [0.2, 0.25) is 0 Å². The van der Waals surface area contributed by atoms with Crippen LogP contribution in [0.5, 0.6) is 0 Å². The molecular formula is C35H58N2O5. The van der Waals surface area contributed by atoms with E-state index in [9.17, 15) is 4.79 Å². The summed E-state index contributed by atoms with van der Waals surface area (Å²) in [5.74, 6) is 3.24. The second kappa shape index (κ2) is 10.3. The molecule has 0 aromatic heterocycles. The molecule has 1 amide bonds. The van der Waals surface area contributed by atoms with Crippen LogP contribution in [0.15, 0.2) is 0 Å². The van der Waals surface area contributed by atoms with Crippen LogP contribution in [0.25, 0.3) is 0 Å². The molecule has 7 heteroatoms. The van der Waals surface area contributed by atoms with Crippen molar-refractivity contribution in [2.75, 3.05) is 33.8 Å². The summed E-state index contributed by atoms with van der Waals surface area (Å²) < 4.78 is 25.6. The first-order valence-corrected chi connectivity index (χ1v) is 17.4. The molecule has 7 nitrogen and oxygen atoms in total. The normalized spacial score (nSPS) is 49.5. The number of carbonyl (C=O) groups excluding carboxylic acids is 1. The Bertz CT molecular complexity index is 1040. The van der Waals surface area contributed by atoms with Crippen LogP contribution in [0.1, 0.15) is 98.8 Å². The van der Waals surface area contributed by atoms with Gasteiger partial charge in [-0.2, -0.15) is 0 Å². The minimum atomic E-state index is -0.254. The average Bonchev–Trinajstić information content (AvgIpc) is 3.53. The van der Waals surface area contributed by atoms with Crippen molar-refractivity contribution in [3.05, 3.63) is 0 Å². The summed E-state index contributed by atoms with van der Waals surface area (Å²) >= 11 is 0. The number of carbonyl (C=O) groups is 1. The third kappa shape index (κ3) is 4.29. The maximum atomic E-state index is 12.5. The van der Waals surface area contributed by atoms with Gasteiger partial charge in [0.1, 0.15) is 6.10 Å². The zero-order valence-corrected chi connectivity index (χ0v) is 27.5. The Morgan fingerprint density at radius 2 is 1.74 bits per heavy atom. The van der Waals surface area contributed by atoms with Crippen LogP contribution in [-0.4, -0.2) is 75.5 Å². The van der Waals surface area contributed by atoms with Crippen molar-refractivity contribution in [3.63, 3.8) is 0 Å². The van der Waals surface area contributed by atoms with Crippen molar-refractivity contribution in [2.45, 2.75) is 130 Å². The van der Waals surface area contributed by atoms with E-state index in [1.54, 1.807) is 14.1 Å². The average molecular weight is 587 g/mol. The van der Waals surface area contributed by atoms with Crippen LogP contribution in [0, 0.1) is 51.2 Å². The lowest BCUT2D eigenvalue weighted by Gasteiger charge is -2.60. The highest BCUT2D eigenvalue weighted by Crippen LogP contribution is 2.87. The van der Waals surface area contributed by atoms with Crippen molar-refractivity contribution >= 4 is 6.09 Å². The summed E-state index contributed by atoms with van der Waals surface area (Å²) in [6.45, 7) is 14.5. The first kappa shape index (κ1) is 29.8. The standard InChI is InChI=1S/C35H58N2O5/c1-21(2)30(42-31(38)37(6)7)25-10-8-23-26(40-25)18-24-22-9-11-27-32(3,4)28(41-29-19-36-16-17-39-29)12-13-35(27)20-34(22,35)15-14-33(23,24)5/h21-30,36H,8-20H2,1-7H3/t22?,23?,24?,25-,26-,27+,28+,29?,30-,33?,34+,35?/m1/s1. The lowest BCUT2D eigenvalue weighted by molar-refractivity contribution is -0.232. The van der Waals surface area contributed by atoms with Gasteiger partial charge in [0.05, 0.1) is 24.9 Å². The highest BCUT2D eigenvalue weighted by atomic mass is 16.7. The molecule has 2 heterocycles. The molecule has 6 unspecified atom stereocenters. The molecule has 12 atom stereocenters. The van der Waals surface area contributed by atoms with Gasteiger partial charge in [0.2, 0.25) is 0 Å². The number of nitrogens with zero attached hydrogens (tertiary/aromatic N) is 1. The van der Waals surface area contributed by atoms with Gasteiger partial charge in [-0.25, -0.2) is 4.79 Å². The lowest BCUT2D eigenvalue weighted by Crippen LogP contribution is -2.56. The fraction of sp³-hybridized carbons (Fsp3) is 0.971. The number of fused-ring (bicyclic) bond motifs is 4. The van der Waals surface area contributed by atoms with Gasteiger partial charge in [-0.05, 0) is 115 Å². The number of hydrogen-bond donors (Lipinski definition) is 1. The predicted octanol–water partition coefficient (Wildman–Crippen LogP) is 6.25. The first-order valence-electron chi connectivity index (χ1n) is 17.4. The molecule has 42 heavy (non-hydrogen) atoms. The predicted molar refractivity (Wildman–Crippen MR) is 162 cm³/mol. The largest absolute Gasteiger partial charge is 0.443 e. The van der Waals surface area contributed by atoms with E-state index >= 15 is 0 Å². The highest BCUT2D eigenvalue weighted by molar-refractivity contribution is 5.67. The summed E-state index contributed by atoms with van der Waals surface area (Å²) in [6.07, 6.45) is 13.0. The van der Waals surface area contributed by atoms with Crippen LogP contribution in [0.4, 0.5) is 4.79 Å². The molecule has 2 aliphatic heterocycles. The Morgan fingerprint density at radius 3 is 2.45 bits per heavy atom. The molecule has 5 saturated carbocycles. The van der Waals surface area contributed by atoms with E-state index in [0.717, 1.165) is 43.9 Å². The van der Waals surface area contributed by atoms with Crippen LogP contribution in [0.3, 0.4) is 0 Å². The summed E-state index contributed by atoms with van der Waals surface area (Å²) in [5.41, 5.74) is 1.63. The Labute approximate surface area is 254 Å². The van der Waals surface area contributed by atoms with E-state index < -0.39 is 0 Å². The second-order valence-electron chi connectivity index (χ2n) is 16.9. The summed E-state index contributed by atoms with van der Waals surface area (Å²) in [5, 5.41) is 3.45. The van der Waals surface area contributed by atoms with Gasteiger partial charge >= 0.3 is 6.09 Å². The fourth-order valence-electron chi connectivity index (χ4n) is 12.4. The monoisotopic (exact) mass is 586 g/mol. The number of rotatable bonds is 5. The van der Waals surface area contributed by atoms with Crippen molar-refractivity contribution in [1.82, 2.24) is 10.2 Å². The number of ether oxygens (including phenoxy) is 4. The summed E-state index contributed by atoms with van der Waals surface area (Å²) in [4.78, 5) is 14.0. The molecule has 0 aromatic carbocycles. The summed E-state index contributed by atoms with van der Waals surface area (Å²) in [6, 6.07) is 0. The molecule has 1 N–H and O–H groups in total. The van der Waals surface area contributed by atoms with Crippen molar-refractivity contribution in [3.8, 4) is 0 Å². The van der Waals surface area contributed by atoms with Crippen molar-refractivity contribution in [1.29, 1.82) is 0 Å². The second-order valence-corrected chi connectivity index (χ2v) is 16.9. The quantitative estimate of drug-likeness (QED) is 0.411. The molecule has 7 rings (SSSR count).